The molecule has 2 aromatic heterocycles. The summed E-state index contributed by atoms with van der Waals surface area (Å²) in [6.45, 7) is 0.603. The summed E-state index contributed by atoms with van der Waals surface area (Å²) in [5.74, 6) is 0.596. The minimum atomic E-state index is -4.56. The summed E-state index contributed by atoms with van der Waals surface area (Å²) in [4.78, 5) is 30.9. The van der Waals surface area contributed by atoms with Gasteiger partial charge in [-0.2, -0.15) is 13.2 Å². The zero-order valence-corrected chi connectivity index (χ0v) is 16.7. The number of amides is 1. The first-order valence-electron chi connectivity index (χ1n) is 10.1. The number of hydrogen-bond acceptors (Lipinski definition) is 6. The molecular weight excluding hydrogens is 423 g/mol. The van der Waals surface area contributed by atoms with E-state index in [4.69, 9.17) is 4.74 Å². The maximum absolute atomic E-state index is 13.4. The van der Waals surface area contributed by atoms with Crippen molar-refractivity contribution in [1.29, 1.82) is 0 Å². The first-order chi connectivity index (χ1) is 15.4. The van der Waals surface area contributed by atoms with E-state index in [2.05, 4.69) is 19.9 Å². The number of likely N-dealkylation sites (tertiary alicyclic amines) is 1. The van der Waals surface area contributed by atoms with Gasteiger partial charge in [-0.25, -0.2) is 19.9 Å². The largest absolute Gasteiger partial charge is 0.471 e. The standard InChI is InChI=1S/C22H18F3N5O2/c23-22(24,25)18-10-29-19(11-28-18)32-17-9-13-8-16(17)30(12-13)21(31)15-5-2-1-4-14(15)20-26-6-3-7-27-20/h1-7,10-11,13,16-17H,8-9,12H2. The maximum Gasteiger partial charge on any atom is 0.434 e. The summed E-state index contributed by atoms with van der Waals surface area (Å²) >= 11 is 0. The number of rotatable bonds is 4. The Balaban J connectivity index is 1.35. The van der Waals surface area contributed by atoms with Gasteiger partial charge in [-0.3, -0.25) is 4.79 Å². The predicted molar refractivity (Wildman–Crippen MR) is 106 cm³/mol. The van der Waals surface area contributed by atoms with E-state index in [0.717, 1.165) is 12.6 Å². The van der Waals surface area contributed by atoms with Crippen LogP contribution in [0.15, 0.2) is 55.1 Å². The van der Waals surface area contributed by atoms with E-state index >= 15 is 0 Å². The number of ether oxygens (including phenoxy) is 1. The highest BCUT2D eigenvalue weighted by Crippen LogP contribution is 2.41. The van der Waals surface area contributed by atoms with Gasteiger partial charge in [0, 0.05) is 24.5 Å². The van der Waals surface area contributed by atoms with Crippen LogP contribution in [0.25, 0.3) is 11.4 Å². The second-order valence-corrected chi connectivity index (χ2v) is 7.87. The molecule has 1 aliphatic heterocycles. The van der Waals surface area contributed by atoms with Crippen LogP contribution in [0, 0.1) is 5.92 Å². The Morgan fingerprint density at radius 1 is 1.00 bits per heavy atom. The molecule has 10 heteroatoms. The summed E-state index contributed by atoms with van der Waals surface area (Å²) in [6, 6.07) is 8.69. The minimum Gasteiger partial charge on any atom is -0.471 e. The lowest BCUT2D eigenvalue weighted by Crippen LogP contribution is -2.47. The smallest absolute Gasteiger partial charge is 0.434 e. The Morgan fingerprint density at radius 2 is 1.78 bits per heavy atom. The normalized spacial score (nSPS) is 22.2. The van der Waals surface area contributed by atoms with Crippen LogP contribution >= 0.6 is 0 Å². The third kappa shape index (κ3) is 3.76. The average molecular weight is 441 g/mol. The van der Waals surface area contributed by atoms with E-state index in [9.17, 15) is 18.0 Å². The van der Waals surface area contributed by atoms with Crippen molar-refractivity contribution in [2.45, 2.75) is 31.2 Å². The van der Waals surface area contributed by atoms with Crippen molar-refractivity contribution in [3.05, 3.63) is 66.4 Å². The highest BCUT2D eigenvalue weighted by atomic mass is 19.4. The fourth-order valence-electron chi connectivity index (χ4n) is 4.46. The van der Waals surface area contributed by atoms with E-state index in [0.29, 0.717) is 36.1 Å². The molecule has 0 spiro atoms. The van der Waals surface area contributed by atoms with Crippen molar-refractivity contribution in [3.63, 3.8) is 0 Å². The minimum absolute atomic E-state index is 0.0148. The second kappa shape index (κ2) is 7.85. The number of alkyl halides is 3. The van der Waals surface area contributed by atoms with Gasteiger partial charge in [-0.1, -0.05) is 18.2 Å². The van der Waals surface area contributed by atoms with Gasteiger partial charge >= 0.3 is 6.18 Å². The van der Waals surface area contributed by atoms with Gasteiger partial charge in [0.1, 0.15) is 6.10 Å². The maximum atomic E-state index is 13.4. The van der Waals surface area contributed by atoms with Crippen molar-refractivity contribution in [3.8, 4) is 17.3 Å². The number of fused-ring (bicyclic) bond motifs is 2. The number of piperidine rings is 1. The summed E-state index contributed by atoms with van der Waals surface area (Å²) in [5.41, 5.74) is 0.0700. The number of nitrogens with zero attached hydrogens (tertiary/aromatic N) is 5. The Bertz CT molecular complexity index is 1120. The Hall–Kier alpha value is -3.56. The number of halogens is 3. The third-order valence-electron chi connectivity index (χ3n) is 5.84. The van der Waals surface area contributed by atoms with Crippen molar-refractivity contribution in [1.82, 2.24) is 24.8 Å². The molecule has 164 valence electrons. The number of carbonyl (C=O) groups excluding carboxylic acids is 1. The summed E-state index contributed by atoms with van der Waals surface area (Å²) < 4.78 is 44.0. The fraction of sp³-hybridized carbons (Fsp3) is 0.318. The Morgan fingerprint density at radius 3 is 2.47 bits per heavy atom. The van der Waals surface area contributed by atoms with Crippen LogP contribution in [0.4, 0.5) is 13.2 Å². The number of hydrogen-bond donors (Lipinski definition) is 0. The van der Waals surface area contributed by atoms with E-state index in [1.807, 2.05) is 12.1 Å². The van der Waals surface area contributed by atoms with E-state index in [-0.39, 0.29) is 29.9 Å². The van der Waals surface area contributed by atoms with Crippen molar-refractivity contribution < 1.29 is 22.7 Å². The van der Waals surface area contributed by atoms with E-state index in [1.54, 1.807) is 35.5 Å². The van der Waals surface area contributed by atoms with Gasteiger partial charge in [0.2, 0.25) is 5.88 Å². The van der Waals surface area contributed by atoms with Gasteiger partial charge in [0.15, 0.2) is 11.5 Å². The van der Waals surface area contributed by atoms with Crippen molar-refractivity contribution in [2.24, 2.45) is 5.92 Å². The zero-order chi connectivity index (χ0) is 22.3. The molecule has 1 amide bonds. The van der Waals surface area contributed by atoms with Gasteiger partial charge in [-0.05, 0) is 30.9 Å². The fourth-order valence-corrected chi connectivity index (χ4v) is 4.46. The molecule has 2 aliphatic rings. The number of aromatic nitrogens is 4. The van der Waals surface area contributed by atoms with Crippen LogP contribution in [-0.4, -0.2) is 49.4 Å². The lowest BCUT2D eigenvalue weighted by atomic mass is 10.0. The molecule has 0 N–H and O–H groups in total. The van der Waals surface area contributed by atoms with Crippen molar-refractivity contribution in [2.75, 3.05) is 6.54 Å². The quantitative estimate of drug-likeness (QED) is 0.615. The monoisotopic (exact) mass is 441 g/mol. The van der Waals surface area contributed by atoms with Crippen LogP contribution in [0.2, 0.25) is 0 Å². The molecule has 3 aromatic rings. The Labute approximate surface area is 181 Å². The number of benzene rings is 1. The lowest BCUT2D eigenvalue weighted by Gasteiger charge is -2.33. The molecule has 0 radical (unpaired) electrons. The molecule has 3 unspecified atom stereocenters. The number of carbonyl (C=O) groups is 1. The first kappa shape index (κ1) is 20.3. The van der Waals surface area contributed by atoms with Crippen LogP contribution in [0.5, 0.6) is 5.88 Å². The highest BCUT2D eigenvalue weighted by Gasteiger charge is 2.48. The van der Waals surface area contributed by atoms with Crippen LogP contribution < -0.4 is 4.74 Å². The molecule has 7 nitrogen and oxygen atoms in total. The second-order valence-electron chi connectivity index (χ2n) is 7.87. The molecule has 2 bridgehead atoms. The predicted octanol–water partition coefficient (Wildman–Crippen LogP) is 3.63. The molecule has 3 atom stereocenters. The van der Waals surface area contributed by atoms with Gasteiger partial charge in [0.25, 0.3) is 5.91 Å². The molecular formula is C22H18F3N5O2. The van der Waals surface area contributed by atoms with Crippen LogP contribution in [0.3, 0.4) is 0 Å². The zero-order valence-electron chi connectivity index (χ0n) is 16.7. The SMILES string of the molecule is O=C(c1ccccc1-c1ncccn1)N1CC2CC(Oc3cnc(C(F)(F)F)cn3)C1C2. The lowest BCUT2D eigenvalue weighted by molar-refractivity contribution is -0.141. The molecule has 1 saturated carbocycles. The van der Waals surface area contributed by atoms with Crippen molar-refractivity contribution >= 4 is 5.91 Å². The molecule has 2 fully saturated rings. The van der Waals surface area contributed by atoms with E-state index in [1.165, 1.54) is 0 Å². The first-order valence-corrected chi connectivity index (χ1v) is 10.1. The van der Waals surface area contributed by atoms with Crippen LogP contribution in [-0.2, 0) is 6.18 Å². The van der Waals surface area contributed by atoms with Gasteiger partial charge in [0.05, 0.1) is 24.0 Å². The molecule has 1 aliphatic carbocycles. The molecule has 3 heterocycles. The molecule has 1 aromatic carbocycles. The summed E-state index contributed by atoms with van der Waals surface area (Å²) in [6.07, 6.45) is 1.44. The molecule has 32 heavy (non-hydrogen) atoms. The molecule has 1 saturated heterocycles. The van der Waals surface area contributed by atoms with E-state index < -0.39 is 11.9 Å². The van der Waals surface area contributed by atoms with Crippen LogP contribution in [0.1, 0.15) is 28.9 Å². The van der Waals surface area contributed by atoms with Gasteiger partial charge in [-0.15, -0.1) is 0 Å². The summed E-state index contributed by atoms with van der Waals surface area (Å²) in [7, 11) is 0. The van der Waals surface area contributed by atoms with Gasteiger partial charge < -0.3 is 9.64 Å². The highest BCUT2D eigenvalue weighted by molar-refractivity contribution is 6.00. The molecule has 5 rings (SSSR count). The average Bonchev–Trinajstić information content (AvgIpc) is 3.40. The third-order valence-corrected chi connectivity index (χ3v) is 5.84. The Kier molecular flexibility index (Phi) is 4.99. The topological polar surface area (TPSA) is 81.1 Å². The summed E-state index contributed by atoms with van der Waals surface area (Å²) in [5, 5.41) is 0.